The van der Waals surface area contributed by atoms with Crippen LogP contribution in [0.2, 0.25) is 0 Å². The van der Waals surface area contributed by atoms with E-state index in [1.807, 2.05) is 19.1 Å². The monoisotopic (exact) mass is 225 g/mol. The highest BCUT2D eigenvalue weighted by Gasteiger charge is 2.17. The molecule has 0 radical (unpaired) electrons. The van der Waals surface area contributed by atoms with Crippen LogP contribution < -0.4 is 4.72 Å². The predicted molar refractivity (Wildman–Crippen MR) is 61.2 cm³/mol. The first kappa shape index (κ1) is 11.8. The summed E-state index contributed by atoms with van der Waals surface area (Å²) in [5.74, 6) is 0. The van der Waals surface area contributed by atoms with E-state index in [2.05, 4.69) is 11.3 Å². The van der Waals surface area contributed by atoms with E-state index < -0.39 is 10.0 Å². The first-order chi connectivity index (χ1) is 6.88. The van der Waals surface area contributed by atoms with Gasteiger partial charge >= 0.3 is 0 Å². The minimum Gasteiger partial charge on any atom is -0.287 e. The molecule has 1 aromatic carbocycles. The van der Waals surface area contributed by atoms with Crippen molar-refractivity contribution in [2.45, 2.75) is 25.7 Å². The van der Waals surface area contributed by atoms with E-state index in [4.69, 9.17) is 0 Å². The average Bonchev–Trinajstić information content (AvgIpc) is 1.99. The fraction of sp³-hybridized carbons (Fsp3) is 0.273. The van der Waals surface area contributed by atoms with Crippen LogP contribution in [0.4, 0.5) is 0 Å². The van der Waals surface area contributed by atoms with Gasteiger partial charge in [0.05, 0.1) is 4.90 Å². The van der Waals surface area contributed by atoms with E-state index in [0.29, 0.717) is 4.90 Å². The number of hydrogen-bond donors (Lipinski definition) is 1. The maximum Gasteiger partial charge on any atom is 0.261 e. The summed E-state index contributed by atoms with van der Waals surface area (Å²) in [6, 6.07) is 3.70. The second-order valence-corrected chi connectivity index (χ2v) is 5.20. The Labute approximate surface area is 90.9 Å². The van der Waals surface area contributed by atoms with Gasteiger partial charge in [0, 0.05) is 6.20 Å². The van der Waals surface area contributed by atoms with Crippen molar-refractivity contribution in [1.82, 2.24) is 4.72 Å². The standard InChI is InChI=1S/C11H15NO2S/c1-5-12-15(13,14)11-9(3)6-8(2)7-10(11)4/h5-7,12H,1H2,2-4H3. The first-order valence-electron chi connectivity index (χ1n) is 4.59. The molecule has 0 aliphatic carbocycles. The second-order valence-electron chi connectivity index (χ2n) is 3.55. The van der Waals surface area contributed by atoms with Gasteiger partial charge in [-0.1, -0.05) is 24.3 Å². The molecule has 1 N–H and O–H groups in total. The Morgan fingerprint density at radius 1 is 1.20 bits per heavy atom. The van der Waals surface area contributed by atoms with Crippen LogP contribution in [0.1, 0.15) is 16.7 Å². The molecule has 15 heavy (non-hydrogen) atoms. The third-order valence-electron chi connectivity index (χ3n) is 2.11. The molecule has 0 aliphatic heterocycles. The molecule has 0 spiro atoms. The van der Waals surface area contributed by atoms with Crippen LogP contribution in [0.3, 0.4) is 0 Å². The third-order valence-corrected chi connectivity index (χ3v) is 3.77. The Morgan fingerprint density at radius 2 is 1.67 bits per heavy atom. The van der Waals surface area contributed by atoms with Crippen LogP contribution in [0.15, 0.2) is 29.8 Å². The quantitative estimate of drug-likeness (QED) is 0.855. The summed E-state index contributed by atoms with van der Waals surface area (Å²) in [6.07, 6.45) is 1.17. The third kappa shape index (κ3) is 2.39. The molecule has 0 aromatic heterocycles. The van der Waals surface area contributed by atoms with E-state index >= 15 is 0 Å². The van der Waals surface area contributed by atoms with Crippen LogP contribution >= 0.6 is 0 Å². The maximum absolute atomic E-state index is 11.8. The lowest BCUT2D eigenvalue weighted by atomic mass is 10.1. The molecule has 0 unspecified atom stereocenters. The Hall–Kier alpha value is -1.29. The summed E-state index contributed by atoms with van der Waals surface area (Å²) in [4.78, 5) is 0.341. The molecular formula is C11H15NO2S. The molecule has 0 aliphatic rings. The fourth-order valence-corrected chi connectivity index (χ4v) is 3.06. The molecule has 0 heterocycles. The van der Waals surface area contributed by atoms with Crippen LogP contribution in [-0.2, 0) is 10.0 Å². The minimum absolute atomic E-state index is 0.341. The molecule has 1 aromatic rings. The van der Waals surface area contributed by atoms with E-state index in [-0.39, 0.29) is 0 Å². The molecule has 0 amide bonds. The Morgan fingerprint density at radius 3 is 2.07 bits per heavy atom. The molecule has 0 bridgehead atoms. The van der Waals surface area contributed by atoms with Crippen LogP contribution in [-0.4, -0.2) is 8.42 Å². The normalized spacial score (nSPS) is 11.1. The van der Waals surface area contributed by atoms with Crippen molar-refractivity contribution in [1.29, 1.82) is 0 Å². The Kier molecular flexibility index (Phi) is 3.19. The van der Waals surface area contributed by atoms with Gasteiger partial charge in [-0.05, 0) is 31.9 Å². The number of rotatable bonds is 3. The highest BCUT2D eigenvalue weighted by Crippen LogP contribution is 2.21. The highest BCUT2D eigenvalue weighted by molar-refractivity contribution is 7.89. The topological polar surface area (TPSA) is 46.2 Å². The summed E-state index contributed by atoms with van der Waals surface area (Å²) in [6.45, 7) is 8.88. The summed E-state index contributed by atoms with van der Waals surface area (Å²) in [5.41, 5.74) is 2.56. The first-order valence-corrected chi connectivity index (χ1v) is 6.08. The van der Waals surface area contributed by atoms with E-state index in [9.17, 15) is 8.42 Å². The van der Waals surface area contributed by atoms with Crippen LogP contribution in [0.5, 0.6) is 0 Å². The lowest BCUT2D eigenvalue weighted by Gasteiger charge is -2.11. The number of nitrogens with one attached hydrogen (secondary N) is 1. The van der Waals surface area contributed by atoms with E-state index in [1.54, 1.807) is 13.8 Å². The number of sulfonamides is 1. The summed E-state index contributed by atoms with van der Waals surface area (Å²) < 4.78 is 25.9. The van der Waals surface area contributed by atoms with Crippen molar-refractivity contribution in [3.63, 3.8) is 0 Å². The van der Waals surface area contributed by atoms with E-state index in [1.165, 1.54) is 6.20 Å². The van der Waals surface area contributed by atoms with Gasteiger partial charge in [-0.3, -0.25) is 4.72 Å². The largest absolute Gasteiger partial charge is 0.287 e. The summed E-state index contributed by atoms with van der Waals surface area (Å²) in [7, 11) is -3.46. The maximum atomic E-state index is 11.8. The van der Waals surface area contributed by atoms with E-state index in [0.717, 1.165) is 16.7 Å². The number of hydrogen-bond acceptors (Lipinski definition) is 2. The lowest BCUT2D eigenvalue weighted by molar-refractivity contribution is 0.589. The van der Waals surface area contributed by atoms with Gasteiger partial charge in [0.2, 0.25) is 0 Å². The summed E-state index contributed by atoms with van der Waals surface area (Å²) >= 11 is 0. The zero-order chi connectivity index (χ0) is 11.6. The van der Waals surface area contributed by atoms with Crippen molar-refractivity contribution in [2.75, 3.05) is 0 Å². The zero-order valence-electron chi connectivity index (χ0n) is 9.16. The van der Waals surface area contributed by atoms with Gasteiger partial charge in [-0.2, -0.15) is 0 Å². The number of benzene rings is 1. The molecule has 3 nitrogen and oxygen atoms in total. The molecule has 1 rings (SSSR count). The van der Waals surface area contributed by atoms with Gasteiger partial charge in [-0.15, -0.1) is 0 Å². The molecule has 0 saturated heterocycles. The number of aryl methyl sites for hydroxylation is 3. The Bertz CT molecular complexity index is 466. The van der Waals surface area contributed by atoms with Crippen LogP contribution in [0.25, 0.3) is 0 Å². The van der Waals surface area contributed by atoms with Gasteiger partial charge in [0.1, 0.15) is 0 Å². The highest BCUT2D eigenvalue weighted by atomic mass is 32.2. The van der Waals surface area contributed by atoms with Gasteiger partial charge in [-0.25, -0.2) is 8.42 Å². The average molecular weight is 225 g/mol. The molecular weight excluding hydrogens is 210 g/mol. The summed E-state index contributed by atoms with van der Waals surface area (Å²) in [5, 5.41) is 0. The van der Waals surface area contributed by atoms with Gasteiger partial charge in [0.15, 0.2) is 0 Å². The molecule has 82 valence electrons. The van der Waals surface area contributed by atoms with Crippen LogP contribution in [0, 0.1) is 20.8 Å². The zero-order valence-corrected chi connectivity index (χ0v) is 9.98. The van der Waals surface area contributed by atoms with Crippen molar-refractivity contribution in [2.24, 2.45) is 0 Å². The van der Waals surface area contributed by atoms with Crippen molar-refractivity contribution < 1.29 is 8.42 Å². The smallest absolute Gasteiger partial charge is 0.261 e. The molecule has 4 heteroatoms. The lowest BCUT2D eigenvalue weighted by Crippen LogP contribution is -2.19. The fourth-order valence-electron chi connectivity index (χ4n) is 1.76. The molecule has 0 saturated carbocycles. The Balaban J connectivity index is 3.44. The molecule has 0 atom stereocenters. The van der Waals surface area contributed by atoms with Crippen molar-refractivity contribution in [3.8, 4) is 0 Å². The van der Waals surface area contributed by atoms with Crippen molar-refractivity contribution in [3.05, 3.63) is 41.6 Å². The molecule has 0 fully saturated rings. The SMILES string of the molecule is C=CNS(=O)(=O)c1c(C)cc(C)cc1C. The van der Waals surface area contributed by atoms with Gasteiger partial charge in [0.25, 0.3) is 10.0 Å². The van der Waals surface area contributed by atoms with Gasteiger partial charge < -0.3 is 0 Å². The predicted octanol–water partition coefficient (Wildman–Crippen LogP) is 2.03. The van der Waals surface area contributed by atoms with Crippen molar-refractivity contribution >= 4 is 10.0 Å². The second kappa shape index (κ2) is 4.06. The minimum atomic E-state index is -3.46.